The Morgan fingerprint density at radius 3 is 2.77 bits per heavy atom. The summed E-state index contributed by atoms with van der Waals surface area (Å²) in [5.41, 5.74) is 8.68. The second kappa shape index (κ2) is 5.31. The van der Waals surface area contributed by atoms with Crippen LogP contribution in [-0.2, 0) is 0 Å². The number of aliphatic hydroxyl groups is 1. The van der Waals surface area contributed by atoms with E-state index in [-0.39, 0.29) is 0 Å². The fraction of sp³-hybridized carbons (Fsp3) is 0.250. The summed E-state index contributed by atoms with van der Waals surface area (Å²) in [5.74, 6) is 0.438. The molecule has 22 heavy (non-hydrogen) atoms. The van der Waals surface area contributed by atoms with Crippen molar-refractivity contribution >= 4 is 22.4 Å². The van der Waals surface area contributed by atoms with E-state index >= 15 is 0 Å². The number of rotatable bonds is 4. The van der Waals surface area contributed by atoms with Gasteiger partial charge in [0.2, 0.25) is 0 Å². The summed E-state index contributed by atoms with van der Waals surface area (Å²) >= 11 is 0. The maximum absolute atomic E-state index is 9.87. The molecule has 1 aromatic carbocycles. The van der Waals surface area contributed by atoms with Crippen LogP contribution < -0.4 is 11.1 Å². The molecule has 3 rings (SSSR count). The largest absolute Gasteiger partial charge is 0.389 e. The zero-order valence-electron chi connectivity index (χ0n) is 12.6. The lowest BCUT2D eigenvalue weighted by Crippen LogP contribution is -2.29. The van der Waals surface area contributed by atoms with Crippen molar-refractivity contribution in [2.45, 2.75) is 19.4 Å². The molecule has 0 aliphatic rings. The fourth-order valence-electron chi connectivity index (χ4n) is 2.29. The van der Waals surface area contributed by atoms with Gasteiger partial charge in [-0.15, -0.1) is 0 Å². The number of pyridine rings is 1. The van der Waals surface area contributed by atoms with Crippen molar-refractivity contribution in [3.05, 3.63) is 36.5 Å². The third kappa shape index (κ3) is 3.01. The Kier molecular flexibility index (Phi) is 3.46. The average Bonchev–Trinajstić information content (AvgIpc) is 2.97. The number of hydrogen-bond donors (Lipinski definition) is 4. The van der Waals surface area contributed by atoms with Gasteiger partial charge in [-0.05, 0) is 26.0 Å². The minimum Gasteiger partial charge on any atom is -0.389 e. The summed E-state index contributed by atoms with van der Waals surface area (Å²) in [5, 5.41) is 21.0. The SMILES string of the molecule is CC(C)(O)CNc1cc(N)nc2cc(-c3ccn[nH]3)ccc12. The smallest absolute Gasteiger partial charge is 0.126 e. The molecule has 5 N–H and O–H groups in total. The first kappa shape index (κ1) is 14.3. The zero-order chi connectivity index (χ0) is 15.7. The highest BCUT2D eigenvalue weighted by molar-refractivity contribution is 5.95. The van der Waals surface area contributed by atoms with E-state index in [9.17, 15) is 5.11 Å². The Hall–Kier alpha value is -2.60. The van der Waals surface area contributed by atoms with Gasteiger partial charge in [-0.25, -0.2) is 4.98 Å². The molecular weight excluding hydrogens is 278 g/mol. The van der Waals surface area contributed by atoms with Crippen molar-refractivity contribution in [1.82, 2.24) is 15.2 Å². The summed E-state index contributed by atoms with van der Waals surface area (Å²) < 4.78 is 0. The Bertz CT molecular complexity index is 790. The molecule has 0 spiro atoms. The van der Waals surface area contributed by atoms with Crippen LogP contribution in [-0.4, -0.2) is 32.4 Å². The molecule has 114 valence electrons. The number of aromatic amines is 1. The van der Waals surface area contributed by atoms with Gasteiger partial charge in [0.1, 0.15) is 5.82 Å². The molecule has 0 radical (unpaired) electrons. The van der Waals surface area contributed by atoms with E-state index in [0.29, 0.717) is 12.4 Å². The van der Waals surface area contributed by atoms with E-state index < -0.39 is 5.60 Å². The van der Waals surface area contributed by atoms with E-state index in [2.05, 4.69) is 20.5 Å². The van der Waals surface area contributed by atoms with E-state index in [4.69, 9.17) is 5.73 Å². The number of benzene rings is 1. The number of fused-ring (bicyclic) bond motifs is 1. The second-order valence-corrected chi connectivity index (χ2v) is 5.96. The molecule has 0 fully saturated rings. The van der Waals surface area contributed by atoms with Crippen LogP contribution in [0, 0.1) is 0 Å². The number of aromatic nitrogens is 3. The van der Waals surface area contributed by atoms with Crippen molar-refractivity contribution in [3.63, 3.8) is 0 Å². The summed E-state index contributed by atoms with van der Waals surface area (Å²) in [6.45, 7) is 3.93. The van der Waals surface area contributed by atoms with E-state index in [1.807, 2.05) is 24.3 Å². The Morgan fingerprint density at radius 2 is 2.09 bits per heavy atom. The zero-order valence-corrected chi connectivity index (χ0v) is 12.6. The topological polar surface area (TPSA) is 99.8 Å². The number of anilines is 2. The number of H-pyrrole nitrogens is 1. The molecule has 6 heteroatoms. The predicted molar refractivity (Wildman–Crippen MR) is 88.5 cm³/mol. The van der Waals surface area contributed by atoms with Gasteiger partial charge in [-0.3, -0.25) is 5.10 Å². The van der Waals surface area contributed by atoms with Crippen LogP contribution in [0.15, 0.2) is 36.5 Å². The maximum atomic E-state index is 9.87. The average molecular weight is 297 g/mol. The first-order valence-corrected chi connectivity index (χ1v) is 7.09. The Balaban J connectivity index is 2.03. The minimum absolute atomic E-state index is 0.424. The van der Waals surface area contributed by atoms with Crippen molar-refractivity contribution in [2.75, 3.05) is 17.6 Å². The molecule has 0 unspecified atom stereocenters. The molecule has 2 heterocycles. The molecule has 3 aromatic rings. The van der Waals surface area contributed by atoms with Gasteiger partial charge in [-0.2, -0.15) is 5.10 Å². The molecule has 0 bridgehead atoms. The van der Waals surface area contributed by atoms with Crippen LogP contribution in [0.5, 0.6) is 0 Å². The minimum atomic E-state index is -0.805. The lowest BCUT2D eigenvalue weighted by molar-refractivity contribution is 0.0945. The molecule has 0 aliphatic heterocycles. The third-order valence-electron chi connectivity index (χ3n) is 3.35. The van der Waals surface area contributed by atoms with Crippen molar-refractivity contribution in [1.29, 1.82) is 0 Å². The van der Waals surface area contributed by atoms with Crippen LogP contribution in [0.3, 0.4) is 0 Å². The van der Waals surface area contributed by atoms with Crippen molar-refractivity contribution in [2.24, 2.45) is 0 Å². The van der Waals surface area contributed by atoms with E-state index in [0.717, 1.165) is 27.8 Å². The highest BCUT2D eigenvalue weighted by Crippen LogP contribution is 2.28. The normalized spacial score (nSPS) is 11.8. The van der Waals surface area contributed by atoms with Gasteiger partial charge in [-0.1, -0.05) is 12.1 Å². The van der Waals surface area contributed by atoms with Crippen LogP contribution >= 0.6 is 0 Å². The number of nitrogens with one attached hydrogen (secondary N) is 2. The summed E-state index contributed by atoms with van der Waals surface area (Å²) in [6.07, 6.45) is 1.71. The van der Waals surface area contributed by atoms with Gasteiger partial charge in [0.05, 0.1) is 16.8 Å². The van der Waals surface area contributed by atoms with Gasteiger partial charge in [0, 0.05) is 35.4 Å². The van der Waals surface area contributed by atoms with Gasteiger partial charge >= 0.3 is 0 Å². The number of nitrogens with zero attached hydrogens (tertiary/aromatic N) is 2. The van der Waals surface area contributed by atoms with Gasteiger partial charge < -0.3 is 16.2 Å². The van der Waals surface area contributed by atoms with E-state index in [1.54, 1.807) is 26.1 Å². The van der Waals surface area contributed by atoms with Gasteiger partial charge in [0.15, 0.2) is 0 Å². The molecular formula is C16H19N5O. The molecule has 0 aliphatic carbocycles. The number of hydrogen-bond acceptors (Lipinski definition) is 5. The standard InChI is InChI=1S/C16H19N5O/c1-16(2,22)9-18-13-8-15(17)20-14-7-10(3-4-11(13)14)12-5-6-19-21-12/h3-8,22H,9H2,1-2H3,(H,19,21)(H3,17,18,20). The summed E-state index contributed by atoms with van der Waals surface area (Å²) in [6, 6.07) is 9.65. The molecule has 0 saturated heterocycles. The van der Waals surface area contributed by atoms with Crippen LogP contribution in [0.1, 0.15) is 13.8 Å². The Morgan fingerprint density at radius 1 is 1.27 bits per heavy atom. The molecule has 0 atom stereocenters. The third-order valence-corrected chi connectivity index (χ3v) is 3.35. The van der Waals surface area contributed by atoms with Crippen molar-refractivity contribution in [3.8, 4) is 11.3 Å². The first-order chi connectivity index (χ1) is 10.4. The highest BCUT2D eigenvalue weighted by Gasteiger charge is 2.13. The van der Waals surface area contributed by atoms with Crippen LogP contribution in [0.4, 0.5) is 11.5 Å². The van der Waals surface area contributed by atoms with Gasteiger partial charge in [0.25, 0.3) is 0 Å². The first-order valence-electron chi connectivity index (χ1n) is 7.09. The number of nitrogen functional groups attached to an aromatic ring is 1. The number of nitrogens with two attached hydrogens (primary N) is 1. The molecule has 6 nitrogen and oxygen atoms in total. The summed E-state index contributed by atoms with van der Waals surface area (Å²) in [4.78, 5) is 4.39. The lowest BCUT2D eigenvalue weighted by Gasteiger charge is -2.19. The molecule has 2 aromatic heterocycles. The monoisotopic (exact) mass is 297 g/mol. The summed E-state index contributed by atoms with van der Waals surface area (Å²) in [7, 11) is 0. The predicted octanol–water partition coefficient (Wildman–Crippen LogP) is 2.39. The Labute approximate surface area is 128 Å². The fourth-order valence-corrected chi connectivity index (χ4v) is 2.29. The molecule has 0 saturated carbocycles. The maximum Gasteiger partial charge on any atom is 0.126 e. The van der Waals surface area contributed by atoms with Crippen molar-refractivity contribution < 1.29 is 5.11 Å². The van der Waals surface area contributed by atoms with Crippen LogP contribution in [0.25, 0.3) is 22.2 Å². The quantitative estimate of drug-likeness (QED) is 0.592. The lowest BCUT2D eigenvalue weighted by atomic mass is 10.1. The van der Waals surface area contributed by atoms with E-state index in [1.165, 1.54) is 0 Å². The van der Waals surface area contributed by atoms with Crippen LogP contribution in [0.2, 0.25) is 0 Å². The second-order valence-electron chi connectivity index (χ2n) is 5.96. The highest BCUT2D eigenvalue weighted by atomic mass is 16.3. The molecule has 0 amide bonds.